The summed E-state index contributed by atoms with van der Waals surface area (Å²) in [6.07, 6.45) is 4.69. The third kappa shape index (κ3) is 5.01. The smallest absolute Gasteiger partial charge is 0.228 e. The second-order valence-electron chi connectivity index (χ2n) is 8.12. The van der Waals surface area contributed by atoms with Gasteiger partial charge in [-0.25, -0.2) is 14.4 Å². The highest BCUT2D eigenvalue weighted by Crippen LogP contribution is 2.38. The van der Waals surface area contributed by atoms with Crippen LogP contribution < -0.4 is 4.74 Å². The van der Waals surface area contributed by atoms with Crippen molar-refractivity contribution < 1.29 is 9.13 Å². The zero-order valence-corrected chi connectivity index (χ0v) is 20.2. The van der Waals surface area contributed by atoms with Gasteiger partial charge in [0.2, 0.25) is 5.88 Å². The molecule has 0 amide bonds. The van der Waals surface area contributed by atoms with Crippen LogP contribution in [0.2, 0.25) is 0 Å². The highest BCUT2D eigenvalue weighted by atomic mass is 79.9. The number of hydrogen-bond acceptors (Lipinski definition) is 3. The molecule has 0 saturated heterocycles. The molecule has 0 aliphatic heterocycles. The van der Waals surface area contributed by atoms with E-state index in [2.05, 4.69) is 51.0 Å². The van der Waals surface area contributed by atoms with Crippen LogP contribution in [-0.4, -0.2) is 29.8 Å². The average molecular weight is 496 g/mol. The Balaban J connectivity index is 1.62. The fraction of sp³-hybridized carbons (Fsp3) is 0.308. The quantitative estimate of drug-likeness (QED) is 0.272. The van der Waals surface area contributed by atoms with Crippen molar-refractivity contribution in [1.29, 1.82) is 0 Å². The van der Waals surface area contributed by atoms with Crippen LogP contribution in [0.1, 0.15) is 42.7 Å². The van der Waals surface area contributed by atoms with Gasteiger partial charge >= 0.3 is 0 Å². The molecule has 0 fully saturated rings. The van der Waals surface area contributed by atoms with E-state index in [4.69, 9.17) is 4.74 Å². The second kappa shape index (κ2) is 9.82. The maximum atomic E-state index is 13.7. The van der Waals surface area contributed by atoms with Gasteiger partial charge in [-0.05, 0) is 95.6 Å². The second-order valence-corrected chi connectivity index (χ2v) is 8.97. The number of nitrogens with zero attached hydrogens (tertiary/aromatic N) is 3. The van der Waals surface area contributed by atoms with Crippen molar-refractivity contribution in [2.45, 2.75) is 39.2 Å². The van der Waals surface area contributed by atoms with Crippen molar-refractivity contribution in [2.24, 2.45) is 4.99 Å². The zero-order chi connectivity index (χ0) is 22.7. The lowest BCUT2D eigenvalue weighted by Gasteiger charge is -2.27. The number of ether oxygens (including phenoxy) is 1. The lowest BCUT2D eigenvalue weighted by molar-refractivity contribution is 0.174. The van der Waals surface area contributed by atoms with Crippen LogP contribution in [-0.2, 0) is 6.42 Å². The van der Waals surface area contributed by atoms with Crippen LogP contribution in [0.15, 0.2) is 58.0 Å². The fourth-order valence-electron chi connectivity index (χ4n) is 3.87. The van der Waals surface area contributed by atoms with Crippen molar-refractivity contribution in [1.82, 2.24) is 9.88 Å². The monoisotopic (exact) mass is 495 g/mol. The molecule has 1 aliphatic carbocycles. The molecule has 0 bridgehead atoms. The molecule has 1 unspecified atom stereocenters. The maximum absolute atomic E-state index is 13.7. The van der Waals surface area contributed by atoms with E-state index in [0.29, 0.717) is 5.88 Å². The average Bonchev–Trinajstić information content (AvgIpc) is 2.80. The lowest BCUT2D eigenvalue weighted by Crippen LogP contribution is -2.16. The minimum atomic E-state index is -0.232. The van der Waals surface area contributed by atoms with Crippen molar-refractivity contribution in [3.63, 3.8) is 0 Å². The van der Waals surface area contributed by atoms with Gasteiger partial charge in [-0.1, -0.05) is 24.3 Å². The molecule has 0 radical (unpaired) electrons. The van der Waals surface area contributed by atoms with Crippen LogP contribution in [0, 0.1) is 12.7 Å². The van der Waals surface area contributed by atoms with Crippen molar-refractivity contribution in [3.05, 3.63) is 75.6 Å². The zero-order valence-electron chi connectivity index (χ0n) is 18.6. The van der Waals surface area contributed by atoms with E-state index in [-0.39, 0.29) is 11.9 Å². The number of pyridine rings is 1. The first-order valence-corrected chi connectivity index (χ1v) is 11.7. The highest BCUT2D eigenvalue weighted by Gasteiger charge is 2.24. The third-order valence-electron chi connectivity index (χ3n) is 5.82. The molecule has 1 aromatic heterocycles. The number of aromatic nitrogens is 1. The molecule has 0 spiro atoms. The number of aryl methyl sites for hydroxylation is 2. The normalized spacial score (nSPS) is 15.6. The minimum Gasteiger partial charge on any atom is -0.469 e. The Morgan fingerprint density at radius 3 is 2.81 bits per heavy atom. The summed E-state index contributed by atoms with van der Waals surface area (Å²) in [5.41, 5.74) is 5.91. The van der Waals surface area contributed by atoms with E-state index in [1.807, 2.05) is 37.3 Å². The summed E-state index contributed by atoms with van der Waals surface area (Å²) in [5, 5.41) is 0. The van der Waals surface area contributed by atoms with E-state index >= 15 is 0 Å². The van der Waals surface area contributed by atoms with E-state index < -0.39 is 0 Å². The van der Waals surface area contributed by atoms with Gasteiger partial charge in [0.05, 0.1) is 22.2 Å². The molecular formula is C26H27BrFN3O. The summed E-state index contributed by atoms with van der Waals surface area (Å²) in [7, 11) is 1.98. The van der Waals surface area contributed by atoms with Crippen molar-refractivity contribution >= 4 is 28.0 Å². The molecule has 1 heterocycles. The molecule has 32 heavy (non-hydrogen) atoms. The summed E-state index contributed by atoms with van der Waals surface area (Å²) in [5.74, 6) is 0.337. The Hall–Kier alpha value is -2.73. The van der Waals surface area contributed by atoms with Crippen LogP contribution in [0.25, 0.3) is 11.1 Å². The first-order valence-electron chi connectivity index (χ1n) is 10.9. The van der Waals surface area contributed by atoms with Gasteiger partial charge in [-0.3, -0.25) is 0 Å². The predicted octanol–water partition coefficient (Wildman–Crippen LogP) is 7.03. The first kappa shape index (κ1) is 22.5. The van der Waals surface area contributed by atoms with Gasteiger partial charge in [0.1, 0.15) is 11.9 Å². The Kier molecular flexibility index (Phi) is 6.89. The van der Waals surface area contributed by atoms with Gasteiger partial charge in [0, 0.05) is 13.6 Å². The molecule has 166 valence electrons. The molecule has 0 saturated carbocycles. The SMILES string of the molecule is CCN(C)C=Nc1cc(Br)c(OC2CCCc3ccc(-c4cccc(F)c4)cc32)nc1C. The molecule has 4 nitrogen and oxygen atoms in total. The van der Waals surface area contributed by atoms with E-state index in [0.717, 1.165) is 58.4 Å². The summed E-state index contributed by atoms with van der Waals surface area (Å²) >= 11 is 3.61. The molecule has 2 aromatic carbocycles. The largest absolute Gasteiger partial charge is 0.469 e. The first-order chi connectivity index (χ1) is 15.4. The fourth-order valence-corrected chi connectivity index (χ4v) is 4.26. The number of fused-ring (bicyclic) bond motifs is 1. The van der Waals surface area contributed by atoms with Gasteiger partial charge < -0.3 is 9.64 Å². The van der Waals surface area contributed by atoms with Crippen LogP contribution in [0.3, 0.4) is 0 Å². The van der Waals surface area contributed by atoms with Crippen LogP contribution in [0.4, 0.5) is 10.1 Å². The van der Waals surface area contributed by atoms with Gasteiger partial charge in [-0.2, -0.15) is 0 Å². The standard InChI is InChI=1S/C26H27BrFN3O/c1-4-31(3)16-29-24-15-23(27)26(30-17(24)2)32-25-10-6-7-18-11-12-20(14-22(18)25)19-8-5-9-21(28)13-19/h5,8-9,11-16,25H,4,6-7,10H2,1-3H3. The van der Waals surface area contributed by atoms with E-state index in [1.165, 1.54) is 11.6 Å². The molecule has 3 aromatic rings. The number of aliphatic imine (C=N–C) groups is 1. The van der Waals surface area contributed by atoms with E-state index in [1.54, 1.807) is 12.1 Å². The summed E-state index contributed by atoms with van der Waals surface area (Å²) < 4.78 is 20.9. The molecule has 1 atom stereocenters. The Bertz CT molecular complexity index is 1150. The Morgan fingerprint density at radius 1 is 1.22 bits per heavy atom. The highest BCUT2D eigenvalue weighted by molar-refractivity contribution is 9.10. The summed E-state index contributed by atoms with van der Waals surface area (Å²) in [6, 6.07) is 15.0. The summed E-state index contributed by atoms with van der Waals surface area (Å²) in [6.45, 7) is 4.90. The maximum Gasteiger partial charge on any atom is 0.228 e. The molecule has 0 N–H and O–H groups in total. The van der Waals surface area contributed by atoms with Crippen LogP contribution >= 0.6 is 15.9 Å². The predicted molar refractivity (Wildman–Crippen MR) is 131 cm³/mol. The third-order valence-corrected chi connectivity index (χ3v) is 6.39. The lowest BCUT2D eigenvalue weighted by atomic mass is 9.87. The number of halogens is 2. The minimum absolute atomic E-state index is 0.101. The summed E-state index contributed by atoms with van der Waals surface area (Å²) in [4.78, 5) is 11.2. The Labute approximate surface area is 197 Å². The number of hydrogen-bond donors (Lipinski definition) is 0. The number of rotatable bonds is 6. The van der Waals surface area contributed by atoms with Gasteiger partial charge in [0.15, 0.2) is 0 Å². The molecule has 4 rings (SSSR count). The van der Waals surface area contributed by atoms with Crippen LogP contribution in [0.5, 0.6) is 5.88 Å². The molecular weight excluding hydrogens is 469 g/mol. The molecule has 1 aliphatic rings. The molecule has 6 heteroatoms. The van der Waals surface area contributed by atoms with Crippen molar-refractivity contribution in [2.75, 3.05) is 13.6 Å². The number of benzene rings is 2. The van der Waals surface area contributed by atoms with Gasteiger partial charge in [-0.15, -0.1) is 0 Å². The van der Waals surface area contributed by atoms with E-state index in [9.17, 15) is 4.39 Å². The topological polar surface area (TPSA) is 37.7 Å². The Morgan fingerprint density at radius 2 is 2.03 bits per heavy atom. The van der Waals surface area contributed by atoms with Crippen molar-refractivity contribution in [3.8, 4) is 17.0 Å². The van der Waals surface area contributed by atoms with Gasteiger partial charge in [0.25, 0.3) is 0 Å².